The van der Waals surface area contributed by atoms with E-state index in [2.05, 4.69) is 15.3 Å². The molecule has 1 aliphatic rings. The van der Waals surface area contributed by atoms with Gasteiger partial charge in [-0.25, -0.2) is 14.8 Å². The number of hydrogen-bond acceptors (Lipinski definition) is 4. The van der Waals surface area contributed by atoms with Crippen LogP contribution >= 0.6 is 11.8 Å². The third-order valence-corrected chi connectivity index (χ3v) is 4.43. The van der Waals surface area contributed by atoms with Crippen LogP contribution in [0.2, 0.25) is 0 Å². The molecule has 0 saturated carbocycles. The molecule has 22 heavy (non-hydrogen) atoms. The number of benzene rings is 1. The third kappa shape index (κ3) is 3.57. The summed E-state index contributed by atoms with van der Waals surface area (Å²) in [5.74, 6) is 2.72. The van der Waals surface area contributed by atoms with Gasteiger partial charge in [0.25, 0.3) is 0 Å². The van der Waals surface area contributed by atoms with Crippen LogP contribution in [0.1, 0.15) is 5.69 Å². The summed E-state index contributed by atoms with van der Waals surface area (Å²) < 4.78 is 0. The third-order valence-electron chi connectivity index (χ3n) is 3.49. The highest BCUT2D eigenvalue weighted by molar-refractivity contribution is 7.99. The van der Waals surface area contributed by atoms with Crippen molar-refractivity contribution in [1.82, 2.24) is 14.9 Å². The molecule has 0 unspecified atom stereocenters. The molecule has 6 heteroatoms. The predicted octanol–water partition coefficient (Wildman–Crippen LogP) is 3.03. The molecule has 0 bridgehead atoms. The number of urea groups is 1. The summed E-state index contributed by atoms with van der Waals surface area (Å²) in [5, 5.41) is 2.94. The highest BCUT2D eigenvalue weighted by Gasteiger charge is 2.16. The highest BCUT2D eigenvalue weighted by atomic mass is 32.2. The number of rotatable bonds is 2. The quantitative estimate of drug-likeness (QED) is 0.925. The normalized spacial score (nSPS) is 14.7. The maximum atomic E-state index is 12.1. The zero-order chi connectivity index (χ0) is 15.4. The first kappa shape index (κ1) is 14.8. The molecule has 2 heterocycles. The van der Waals surface area contributed by atoms with Gasteiger partial charge in [-0.1, -0.05) is 0 Å². The van der Waals surface area contributed by atoms with Crippen molar-refractivity contribution in [3.8, 4) is 11.4 Å². The molecule has 0 radical (unpaired) electrons. The van der Waals surface area contributed by atoms with E-state index in [0.29, 0.717) is 5.82 Å². The maximum absolute atomic E-state index is 12.1. The van der Waals surface area contributed by atoms with Crippen LogP contribution in [-0.4, -0.2) is 45.5 Å². The van der Waals surface area contributed by atoms with Crippen molar-refractivity contribution in [2.75, 3.05) is 29.9 Å². The van der Waals surface area contributed by atoms with Crippen LogP contribution in [0.25, 0.3) is 11.4 Å². The summed E-state index contributed by atoms with van der Waals surface area (Å²) in [6.45, 7) is 3.56. The standard InChI is InChI=1S/C16H18N4OS/c1-12-6-7-17-15(18-12)13-2-4-14(5-3-13)19-16(21)20-8-10-22-11-9-20/h2-7H,8-11H2,1H3,(H,19,21). The van der Waals surface area contributed by atoms with E-state index in [1.54, 1.807) is 6.20 Å². The number of aryl methyl sites for hydroxylation is 1. The first-order valence-electron chi connectivity index (χ1n) is 7.26. The van der Waals surface area contributed by atoms with Gasteiger partial charge in [0.2, 0.25) is 0 Å². The van der Waals surface area contributed by atoms with Gasteiger partial charge in [0.05, 0.1) is 0 Å². The Morgan fingerprint density at radius 1 is 1.18 bits per heavy atom. The Morgan fingerprint density at radius 3 is 2.59 bits per heavy atom. The molecule has 0 atom stereocenters. The Labute approximate surface area is 134 Å². The number of thioether (sulfide) groups is 1. The van der Waals surface area contributed by atoms with Crippen molar-refractivity contribution < 1.29 is 4.79 Å². The van der Waals surface area contributed by atoms with E-state index in [1.165, 1.54) is 0 Å². The average Bonchev–Trinajstić information content (AvgIpc) is 2.56. The number of hydrogen-bond donors (Lipinski definition) is 1. The Balaban J connectivity index is 1.67. The largest absolute Gasteiger partial charge is 0.323 e. The monoisotopic (exact) mass is 314 g/mol. The maximum Gasteiger partial charge on any atom is 0.321 e. The first-order chi connectivity index (χ1) is 10.7. The Morgan fingerprint density at radius 2 is 1.91 bits per heavy atom. The molecule has 114 valence electrons. The molecule has 2 aromatic rings. The number of carbonyl (C=O) groups excluding carboxylic acids is 1. The Hall–Kier alpha value is -2.08. The lowest BCUT2D eigenvalue weighted by molar-refractivity contribution is 0.217. The molecule has 3 rings (SSSR count). The van der Waals surface area contributed by atoms with Crippen LogP contribution < -0.4 is 5.32 Å². The molecule has 0 aliphatic carbocycles. The van der Waals surface area contributed by atoms with E-state index in [0.717, 1.165) is 41.5 Å². The van der Waals surface area contributed by atoms with E-state index in [9.17, 15) is 4.79 Å². The van der Waals surface area contributed by atoms with Crippen molar-refractivity contribution in [2.24, 2.45) is 0 Å². The Bertz CT molecular complexity index is 653. The van der Waals surface area contributed by atoms with Crippen LogP contribution in [0.3, 0.4) is 0 Å². The van der Waals surface area contributed by atoms with Crippen molar-refractivity contribution in [3.05, 3.63) is 42.2 Å². The average molecular weight is 314 g/mol. The lowest BCUT2D eigenvalue weighted by Gasteiger charge is -2.26. The molecular weight excluding hydrogens is 296 g/mol. The highest BCUT2D eigenvalue weighted by Crippen LogP contribution is 2.18. The number of aromatic nitrogens is 2. The zero-order valence-corrected chi connectivity index (χ0v) is 13.3. The van der Waals surface area contributed by atoms with Gasteiger partial charge in [-0.05, 0) is 37.3 Å². The van der Waals surface area contributed by atoms with Gasteiger partial charge in [0.15, 0.2) is 5.82 Å². The molecule has 0 spiro atoms. The van der Waals surface area contributed by atoms with Gasteiger partial charge in [0.1, 0.15) is 0 Å². The topological polar surface area (TPSA) is 58.1 Å². The number of anilines is 1. The fourth-order valence-electron chi connectivity index (χ4n) is 2.26. The zero-order valence-electron chi connectivity index (χ0n) is 12.5. The minimum absolute atomic E-state index is 0.0279. The van der Waals surface area contributed by atoms with Gasteiger partial charge >= 0.3 is 6.03 Å². The Kier molecular flexibility index (Phi) is 4.58. The van der Waals surface area contributed by atoms with Crippen molar-refractivity contribution in [3.63, 3.8) is 0 Å². The lowest BCUT2D eigenvalue weighted by Crippen LogP contribution is -2.40. The number of amides is 2. The number of nitrogens with zero attached hydrogens (tertiary/aromatic N) is 3. The SMILES string of the molecule is Cc1ccnc(-c2ccc(NC(=O)N3CCSCC3)cc2)n1. The summed E-state index contributed by atoms with van der Waals surface area (Å²) >= 11 is 1.89. The van der Waals surface area contributed by atoms with Gasteiger partial charge in [-0.3, -0.25) is 0 Å². The van der Waals surface area contributed by atoms with Crippen LogP contribution in [0.5, 0.6) is 0 Å². The second kappa shape index (κ2) is 6.79. The van der Waals surface area contributed by atoms with Crippen LogP contribution in [0.15, 0.2) is 36.5 Å². The van der Waals surface area contributed by atoms with Crippen molar-refractivity contribution in [1.29, 1.82) is 0 Å². The van der Waals surface area contributed by atoms with E-state index in [4.69, 9.17) is 0 Å². The van der Waals surface area contributed by atoms with Crippen molar-refractivity contribution >= 4 is 23.5 Å². The minimum Gasteiger partial charge on any atom is -0.323 e. The smallest absolute Gasteiger partial charge is 0.321 e. The van der Waals surface area contributed by atoms with Crippen molar-refractivity contribution in [2.45, 2.75) is 6.92 Å². The molecule has 1 aromatic carbocycles. The molecule has 1 N–H and O–H groups in total. The molecule has 1 fully saturated rings. The van der Waals surface area contributed by atoms with Gasteiger partial charge < -0.3 is 10.2 Å². The van der Waals surface area contributed by atoms with Crippen LogP contribution in [0, 0.1) is 6.92 Å². The lowest BCUT2D eigenvalue weighted by atomic mass is 10.2. The predicted molar refractivity (Wildman–Crippen MR) is 90.1 cm³/mol. The van der Waals surface area contributed by atoms with E-state index in [-0.39, 0.29) is 6.03 Å². The summed E-state index contributed by atoms with van der Waals surface area (Å²) in [5.41, 5.74) is 2.67. The number of nitrogens with one attached hydrogen (secondary N) is 1. The molecule has 2 amide bonds. The van der Waals surface area contributed by atoms with Gasteiger partial charge in [-0.2, -0.15) is 11.8 Å². The molecule has 1 aliphatic heterocycles. The fourth-order valence-corrected chi connectivity index (χ4v) is 3.16. The fraction of sp³-hybridized carbons (Fsp3) is 0.312. The first-order valence-corrected chi connectivity index (χ1v) is 8.41. The molecule has 1 aromatic heterocycles. The summed E-state index contributed by atoms with van der Waals surface area (Å²) in [7, 11) is 0. The van der Waals surface area contributed by atoms with Gasteiger partial charge in [0, 0.05) is 47.7 Å². The second-order valence-corrected chi connectivity index (χ2v) is 6.35. The number of carbonyl (C=O) groups is 1. The second-order valence-electron chi connectivity index (χ2n) is 5.13. The van der Waals surface area contributed by atoms with E-state index in [1.807, 2.05) is 53.9 Å². The van der Waals surface area contributed by atoms with E-state index < -0.39 is 0 Å². The molecule has 1 saturated heterocycles. The van der Waals surface area contributed by atoms with Gasteiger partial charge in [-0.15, -0.1) is 0 Å². The van der Waals surface area contributed by atoms with Crippen LogP contribution in [-0.2, 0) is 0 Å². The summed E-state index contributed by atoms with van der Waals surface area (Å²) in [4.78, 5) is 22.7. The molecular formula is C16H18N4OS. The van der Waals surface area contributed by atoms with E-state index >= 15 is 0 Å². The summed E-state index contributed by atoms with van der Waals surface area (Å²) in [6, 6.07) is 9.47. The minimum atomic E-state index is -0.0279. The van der Waals surface area contributed by atoms with Crippen LogP contribution in [0.4, 0.5) is 10.5 Å². The summed E-state index contributed by atoms with van der Waals surface area (Å²) in [6.07, 6.45) is 1.75. The molecule has 5 nitrogen and oxygen atoms in total.